The topological polar surface area (TPSA) is 84.0 Å². The summed E-state index contributed by atoms with van der Waals surface area (Å²) in [5, 5.41) is 9.28. The van der Waals surface area contributed by atoms with Crippen molar-refractivity contribution in [3.8, 4) is 10.8 Å². The Morgan fingerprint density at radius 1 is 1.50 bits per heavy atom. The molecule has 7 nitrogen and oxygen atoms in total. The molecule has 0 bridgehead atoms. The molecule has 1 atom stereocenters. The van der Waals surface area contributed by atoms with Crippen LogP contribution in [0.5, 0.6) is 0 Å². The van der Waals surface area contributed by atoms with Crippen molar-refractivity contribution in [2.45, 2.75) is 19.3 Å². The van der Waals surface area contributed by atoms with Gasteiger partial charge in [0.1, 0.15) is 6.33 Å². The van der Waals surface area contributed by atoms with Crippen molar-refractivity contribution >= 4 is 17.2 Å². The Kier molecular flexibility index (Phi) is 3.42. The number of hydrogen-bond donors (Lipinski definition) is 1. The molecule has 1 unspecified atom stereocenters. The number of H-pyrrole nitrogens is 1. The van der Waals surface area contributed by atoms with E-state index in [-0.39, 0.29) is 11.3 Å². The minimum Gasteiger partial charge on any atom is -0.381 e. The van der Waals surface area contributed by atoms with Crippen LogP contribution < -0.4 is 0 Å². The average molecular weight is 319 g/mol. The fourth-order valence-electron chi connectivity index (χ4n) is 3.19. The van der Waals surface area contributed by atoms with E-state index < -0.39 is 0 Å². The van der Waals surface area contributed by atoms with Crippen LogP contribution in [0.15, 0.2) is 11.7 Å². The summed E-state index contributed by atoms with van der Waals surface area (Å²) in [7, 11) is 0. The lowest BCUT2D eigenvalue weighted by Crippen LogP contribution is -2.33. The van der Waals surface area contributed by atoms with Crippen molar-refractivity contribution in [2.75, 3.05) is 26.3 Å². The van der Waals surface area contributed by atoms with Gasteiger partial charge in [-0.25, -0.2) is 9.97 Å². The Bertz CT molecular complexity index is 663. The lowest BCUT2D eigenvalue weighted by molar-refractivity contribution is -0.129. The van der Waals surface area contributed by atoms with Crippen LogP contribution in [0, 0.1) is 5.41 Å². The molecule has 1 amide bonds. The van der Waals surface area contributed by atoms with Gasteiger partial charge in [-0.1, -0.05) is 0 Å². The van der Waals surface area contributed by atoms with E-state index in [0.717, 1.165) is 49.8 Å². The highest BCUT2D eigenvalue weighted by Crippen LogP contribution is 2.38. The Balaban J connectivity index is 1.40. The predicted octanol–water partition coefficient (Wildman–Crippen LogP) is 1.11. The number of hydrogen-bond acceptors (Lipinski definition) is 6. The van der Waals surface area contributed by atoms with Crippen molar-refractivity contribution in [2.24, 2.45) is 5.41 Å². The molecule has 0 saturated carbocycles. The zero-order valence-corrected chi connectivity index (χ0v) is 12.9. The van der Waals surface area contributed by atoms with E-state index in [0.29, 0.717) is 12.2 Å². The monoisotopic (exact) mass is 319 g/mol. The van der Waals surface area contributed by atoms with E-state index >= 15 is 0 Å². The fraction of sp³-hybridized carbons (Fsp3) is 0.571. The van der Waals surface area contributed by atoms with E-state index in [1.165, 1.54) is 17.7 Å². The van der Waals surface area contributed by atoms with Gasteiger partial charge in [-0.2, -0.15) is 5.10 Å². The highest BCUT2D eigenvalue weighted by Gasteiger charge is 2.42. The second-order valence-electron chi connectivity index (χ2n) is 6.02. The first-order valence-electron chi connectivity index (χ1n) is 7.40. The van der Waals surface area contributed by atoms with E-state index in [9.17, 15) is 4.79 Å². The van der Waals surface area contributed by atoms with E-state index in [4.69, 9.17) is 4.74 Å². The second-order valence-corrected chi connectivity index (χ2v) is 6.88. The van der Waals surface area contributed by atoms with E-state index in [1.54, 1.807) is 0 Å². The summed E-state index contributed by atoms with van der Waals surface area (Å²) in [4.78, 5) is 23.0. The number of aromatic nitrogens is 4. The number of aromatic amines is 1. The molecule has 2 aliphatic heterocycles. The van der Waals surface area contributed by atoms with Gasteiger partial charge in [-0.15, -0.1) is 11.3 Å². The van der Waals surface area contributed by atoms with Crippen LogP contribution in [0.2, 0.25) is 0 Å². The largest absolute Gasteiger partial charge is 0.381 e. The van der Waals surface area contributed by atoms with Gasteiger partial charge in [-0.05, 0) is 12.8 Å². The normalized spacial score (nSPS) is 24.5. The molecule has 22 heavy (non-hydrogen) atoms. The number of carbonyl (C=O) groups excluding carboxylic acids is 1. The molecule has 2 aromatic rings. The summed E-state index contributed by atoms with van der Waals surface area (Å²) in [5.74, 6) is 0.796. The SMILES string of the molecule is O=C(Cc1csc(-c2ncn[nH]2)n1)N1CCC2(CCOC2)C1. The molecule has 0 aliphatic carbocycles. The van der Waals surface area contributed by atoms with Crippen LogP contribution in [0.4, 0.5) is 0 Å². The van der Waals surface area contributed by atoms with Crippen LogP contribution in [-0.2, 0) is 16.0 Å². The number of rotatable bonds is 3. The Morgan fingerprint density at radius 3 is 3.23 bits per heavy atom. The van der Waals surface area contributed by atoms with Crippen LogP contribution in [0.25, 0.3) is 10.8 Å². The number of ether oxygens (including phenoxy) is 1. The highest BCUT2D eigenvalue weighted by atomic mass is 32.1. The third kappa shape index (κ3) is 2.52. The average Bonchev–Trinajstić information content (AvgIpc) is 3.27. The molecular weight excluding hydrogens is 302 g/mol. The van der Waals surface area contributed by atoms with E-state index in [1.807, 2.05) is 10.3 Å². The van der Waals surface area contributed by atoms with Crippen molar-refractivity contribution in [3.05, 3.63) is 17.4 Å². The predicted molar refractivity (Wildman–Crippen MR) is 80.3 cm³/mol. The first-order valence-corrected chi connectivity index (χ1v) is 8.28. The zero-order valence-electron chi connectivity index (χ0n) is 12.1. The number of thiazole rings is 1. The lowest BCUT2D eigenvalue weighted by Gasteiger charge is -2.21. The minimum absolute atomic E-state index is 0.151. The van der Waals surface area contributed by atoms with Crippen molar-refractivity contribution in [1.82, 2.24) is 25.1 Å². The molecule has 8 heteroatoms. The number of carbonyl (C=O) groups is 1. The molecule has 2 fully saturated rings. The van der Waals surface area contributed by atoms with Gasteiger partial charge in [-0.3, -0.25) is 9.89 Å². The maximum atomic E-state index is 12.5. The second kappa shape index (κ2) is 5.44. The van der Waals surface area contributed by atoms with Gasteiger partial charge >= 0.3 is 0 Å². The molecule has 116 valence electrons. The van der Waals surface area contributed by atoms with Gasteiger partial charge < -0.3 is 9.64 Å². The van der Waals surface area contributed by atoms with Gasteiger partial charge in [0.15, 0.2) is 10.8 Å². The van der Waals surface area contributed by atoms with Crippen LogP contribution in [-0.4, -0.2) is 57.3 Å². The molecule has 0 aromatic carbocycles. The van der Waals surface area contributed by atoms with Gasteiger partial charge in [0.2, 0.25) is 5.91 Å². The number of likely N-dealkylation sites (tertiary alicyclic amines) is 1. The van der Waals surface area contributed by atoms with Gasteiger partial charge in [0.25, 0.3) is 0 Å². The summed E-state index contributed by atoms with van der Waals surface area (Å²) >= 11 is 1.48. The molecule has 4 rings (SSSR count). The molecular formula is C14H17N5O2S. The van der Waals surface area contributed by atoms with Crippen molar-refractivity contribution in [3.63, 3.8) is 0 Å². The Labute approximate surface area is 131 Å². The molecule has 2 aliphatic rings. The van der Waals surface area contributed by atoms with Gasteiger partial charge in [0, 0.05) is 30.5 Å². The quantitative estimate of drug-likeness (QED) is 0.916. The van der Waals surface area contributed by atoms with E-state index in [2.05, 4.69) is 20.2 Å². The molecule has 0 radical (unpaired) electrons. The van der Waals surface area contributed by atoms with Gasteiger partial charge in [0.05, 0.1) is 18.7 Å². The standard InChI is InChI=1S/C14H17N5O2S/c20-11(19-3-1-14(7-19)2-4-21-8-14)5-10-6-22-13(17-10)12-15-9-16-18-12/h6,9H,1-5,7-8H2,(H,15,16,18). The van der Waals surface area contributed by atoms with Crippen molar-refractivity contribution in [1.29, 1.82) is 0 Å². The number of amides is 1. The Morgan fingerprint density at radius 2 is 2.45 bits per heavy atom. The van der Waals surface area contributed by atoms with Crippen LogP contribution in [0.3, 0.4) is 0 Å². The molecule has 1 N–H and O–H groups in total. The zero-order chi connectivity index (χ0) is 15.0. The summed E-state index contributed by atoms with van der Waals surface area (Å²) in [5.41, 5.74) is 1.01. The summed E-state index contributed by atoms with van der Waals surface area (Å²) in [6.45, 7) is 3.28. The first kappa shape index (κ1) is 13.8. The lowest BCUT2D eigenvalue weighted by atomic mass is 9.87. The summed E-state index contributed by atoms with van der Waals surface area (Å²) < 4.78 is 5.51. The fourth-order valence-corrected chi connectivity index (χ4v) is 3.96. The number of nitrogens with one attached hydrogen (secondary N) is 1. The molecule has 2 saturated heterocycles. The molecule has 1 spiro atoms. The summed E-state index contributed by atoms with van der Waals surface area (Å²) in [6.07, 6.45) is 3.93. The first-order chi connectivity index (χ1) is 10.7. The third-order valence-corrected chi connectivity index (χ3v) is 5.38. The smallest absolute Gasteiger partial charge is 0.228 e. The maximum Gasteiger partial charge on any atom is 0.228 e. The van der Waals surface area contributed by atoms with Crippen molar-refractivity contribution < 1.29 is 9.53 Å². The van der Waals surface area contributed by atoms with Crippen LogP contribution >= 0.6 is 11.3 Å². The van der Waals surface area contributed by atoms with Crippen LogP contribution in [0.1, 0.15) is 18.5 Å². The maximum absolute atomic E-state index is 12.5. The minimum atomic E-state index is 0.151. The number of nitrogens with zero attached hydrogens (tertiary/aromatic N) is 4. The highest BCUT2D eigenvalue weighted by molar-refractivity contribution is 7.13. The Hall–Kier alpha value is -1.80. The summed E-state index contributed by atoms with van der Waals surface area (Å²) in [6, 6.07) is 0. The molecule has 2 aromatic heterocycles. The third-order valence-electron chi connectivity index (χ3n) is 4.48. The molecule has 4 heterocycles.